The maximum absolute atomic E-state index is 12.9. The van der Waals surface area contributed by atoms with E-state index in [1.54, 1.807) is 17.1 Å². The van der Waals surface area contributed by atoms with Gasteiger partial charge in [-0.3, -0.25) is 9.69 Å². The van der Waals surface area contributed by atoms with E-state index in [2.05, 4.69) is 56.5 Å². The number of nitrogens with zero attached hydrogens (tertiary/aromatic N) is 5. The molecule has 0 atom stereocenters. The van der Waals surface area contributed by atoms with Gasteiger partial charge in [0.25, 0.3) is 5.91 Å². The number of hydrogen-bond donors (Lipinski definition) is 1. The number of carbonyl (C=O) groups excluding carboxylic acids is 1. The Morgan fingerprint density at radius 1 is 1.06 bits per heavy atom. The van der Waals surface area contributed by atoms with E-state index in [9.17, 15) is 4.79 Å². The lowest BCUT2D eigenvalue weighted by molar-refractivity contribution is 0.0950. The minimum Gasteiger partial charge on any atom is -0.348 e. The molecule has 162 valence electrons. The van der Waals surface area contributed by atoms with Crippen molar-refractivity contribution in [2.75, 3.05) is 33.2 Å². The third kappa shape index (κ3) is 5.18. The van der Waals surface area contributed by atoms with Crippen molar-refractivity contribution in [3.63, 3.8) is 0 Å². The Balaban J connectivity index is 1.40. The maximum atomic E-state index is 12.9. The first kappa shape index (κ1) is 21.2. The summed E-state index contributed by atoms with van der Waals surface area (Å²) >= 11 is 0. The van der Waals surface area contributed by atoms with Crippen LogP contribution in [0.25, 0.3) is 5.82 Å². The molecule has 1 amide bonds. The summed E-state index contributed by atoms with van der Waals surface area (Å²) < 4.78 is 1.74. The largest absolute Gasteiger partial charge is 0.348 e. The Kier molecular flexibility index (Phi) is 6.74. The summed E-state index contributed by atoms with van der Waals surface area (Å²) in [5.41, 5.74) is 3.85. The van der Waals surface area contributed by atoms with E-state index < -0.39 is 0 Å². The van der Waals surface area contributed by atoms with Crippen LogP contribution in [0.15, 0.2) is 54.9 Å². The van der Waals surface area contributed by atoms with Gasteiger partial charge in [0.2, 0.25) is 0 Å². The molecule has 3 heterocycles. The van der Waals surface area contributed by atoms with Crippen molar-refractivity contribution in [1.29, 1.82) is 0 Å². The molecule has 0 saturated carbocycles. The molecular formula is C24H30N6O. The van der Waals surface area contributed by atoms with Gasteiger partial charge in [-0.15, -0.1) is 0 Å². The van der Waals surface area contributed by atoms with Gasteiger partial charge in [0.15, 0.2) is 5.82 Å². The van der Waals surface area contributed by atoms with E-state index in [1.165, 1.54) is 5.56 Å². The van der Waals surface area contributed by atoms with Gasteiger partial charge in [-0.2, -0.15) is 5.10 Å². The number of aromatic nitrogens is 3. The number of rotatable bonds is 7. The lowest BCUT2D eigenvalue weighted by Gasteiger charge is -2.32. The molecule has 1 N–H and O–H groups in total. The predicted molar refractivity (Wildman–Crippen MR) is 121 cm³/mol. The monoisotopic (exact) mass is 418 g/mol. The third-order valence-electron chi connectivity index (χ3n) is 5.76. The zero-order chi connectivity index (χ0) is 21.6. The van der Waals surface area contributed by atoms with Crippen LogP contribution in [0.1, 0.15) is 34.1 Å². The molecule has 31 heavy (non-hydrogen) atoms. The van der Waals surface area contributed by atoms with E-state index in [4.69, 9.17) is 0 Å². The molecule has 0 bridgehead atoms. The van der Waals surface area contributed by atoms with Crippen molar-refractivity contribution < 1.29 is 4.79 Å². The molecule has 7 nitrogen and oxygen atoms in total. The Hall–Kier alpha value is -3.03. The molecule has 1 aliphatic heterocycles. The zero-order valence-corrected chi connectivity index (χ0v) is 18.3. The first-order chi connectivity index (χ1) is 15.1. The summed E-state index contributed by atoms with van der Waals surface area (Å²) in [5.74, 6) is 0.610. The highest BCUT2D eigenvalue weighted by atomic mass is 16.1. The molecule has 1 aromatic carbocycles. The van der Waals surface area contributed by atoms with Gasteiger partial charge in [0, 0.05) is 45.5 Å². The van der Waals surface area contributed by atoms with E-state index in [1.807, 2.05) is 25.1 Å². The van der Waals surface area contributed by atoms with Crippen molar-refractivity contribution in [2.24, 2.45) is 0 Å². The lowest BCUT2D eigenvalue weighted by atomic mass is 10.1. The van der Waals surface area contributed by atoms with Gasteiger partial charge >= 0.3 is 0 Å². The minimum atomic E-state index is -0.108. The molecule has 0 unspecified atom stereocenters. The number of hydrogen-bond acceptors (Lipinski definition) is 5. The van der Waals surface area contributed by atoms with Crippen LogP contribution < -0.4 is 5.32 Å². The minimum absolute atomic E-state index is 0.108. The van der Waals surface area contributed by atoms with Crippen LogP contribution in [0.5, 0.6) is 0 Å². The standard InChI is InChI=1S/C24H30N6O/c1-3-22-21(17-27-30(22)23-9-4-5-10-25-23)24(31)26-16-19-7-6-8-20(15-19)18-29-13-11-28(2)12-14-29/h4-10,15,17H,3,11-14,16,18H2,1-2H3,(H,26,31). The second-order valence-corrected chi connectivity index (χ2v) is 8.04. The molecule has 1 fully saturated rings. The van der Waals surface area contributed by atoms with Crippen LogP contribution in [0, 0.1) is 0 Å². The highest BCUT2D eigenvalue weighted by Gasteiger charge is 2.18. The van der Waals surface area contributed by atoms with Crippen LogP contribution in [0.4, 0.5) is 0 Å². The SMILES string of the molecule is CCc1c(C(=O)NCc2cccc(CN3CCN(C)CC3)c2)cnn1-c1ccccn1. The summed E-state index contributed by atoms with van der Waals surface area (Å²) in [5, 5.41) is 7.46. The summed E-state index contributed by atoms with van der Waals surface area (Å²) in [6.07, 6.45) is 4.05. The van der Waals surface area contributed by atoms with Gasteiger partial charge in [0.1, 0.15) is 0 Å². The average Bonchev–Trinajstić information content (AvgIpc) is 3.24. The van der Waals surface area contributed by atoms with E-state index in [0.29, 0.717) is 18.5 Å². The molecule has 0 spiro atoms. The topological polar surface area (TPSA) is 66.3 Å². The van der Waals surface area contributed by atoms with Crippen LogP contribution in [-0.2, 0) is 19.5 Å². The van der Waals surface area contributed by atoms with E-state index in [0.717, 1.165) is 49.8 Å². The summed E-state index contributed by atoms with van der Waals surface area (Å²) in [6.45, 7) is 7.88. The summed E-state index contributed by atoms with van der Waals surface area (Å²) in [6, 6.07) is 14.2. The van der Waals surface area contributed by atoms with Crippen LogP contribution in [0.3, 0.4) is 0 Å². The van der Waals surface area contributed by atoms with Crippen molar-refractivity contribution in [3.05, 3.63) is 77.2 Å². The van der Waals surface area contributed by atoms with Gasteiger partial charge < -0.3 is 10.2 Å². The molecule has 3 aromatic rings. The molecular weight excluding hydrogens is 388 g/mol. The first-order valence-electron chi connectivity index (χ1n) is 10.9. The molecule has 2 aromatic heterocycles. The second kappa shape index (κ2) is 9.85. The molecule has 1 saturated heterocycles. The van der Waals surface area contributed by atoms with Crippen LogP contribution in [-0.4, -0.2) is 63.7 Å². The first-order valence-corrected chi connectivity index (χ1v) is 10.9. The second-order valence-electron chi connectivity index (χ2n) is 8.04. The van der Waals surface area contributed by atoms with Gasteiger partial charge in [-0.05, 0) is 36.7 Å². The van der Waals surface area contributed by atoms with E-state index >= 15 is 0 Å². The summed E-state index contributed by atoms with van der Waals surface area (Å²) in [7, 11) is 2.17. The number of carbonyl (C=O) groups is 1. The van der Waals surface area contributed by atoms with Crippen molar-refractivity contribution in [1.82, 2.24) is 29.9 Å². The number of nitrogens with one attached hydrogen (secondary N) is 1. The van der Waals surface area contributed by atoms with Crippen molar-refractivity contribution in [2.45, 2.75) is 26.4 Å². The van der Waals surface area contributed by atoms with Crippen molar-refractivity contribution in [3.8, 4) is 5.82 Å². The molecule has 4 rings (SSSR count). The quantitative estimate of drug-likeness (QED) is 0.639. The van der Waals surface area contributed by atoms with Crippen LogP contribution in [0.2, 0.25) is 0 Å². The van der Waals surface area contributed by atoms with Gasteiger partial charge in [0.05, 0.1) is 17.5 Å². The lowest BCUT2D eigenvalue weighted by Crippen LogP contribution is -2.43. The fourth-order valence-electron chi connectivity index (χ4n) is 3.96. The maximum Gasteiger partial charge on any atom is 0.255 e. The Morgan fingerprint density at radius 2 is 1.87 bits per heavy atom. The normalized spacial score (nSPS) is 15.2. The van der Waals surface area contributed by atoms with Crippen molar-refractivity contribution >= 4 is 5.91 Å². The number of benzene rings is 1. The smallest absolute Gasteiger partial charge is 0.255 e. The zero-order valence-electron chi connectivity index (χ0n) is 18.3. The average molecular weight is 419 g/mol. The number of amides is 1. The Labute approximate surface area is 183 Å². The van der Waals surface area contributed by atoms with Gasteiger partial charge in [-0.1, -0.05) is 37.3 Å². The molecule has 7 heteroatoms. The molecule has 1 aliphatic rings. The predicted octanol–water partition coefficient (Wildman–Crippen LogP) is 2.51. The number of likely N-dealkylation sites (N-methyl/N-ethyl adjacent to an activating group) is 1. The highest BCUT2D eigenvalue weighted by Crippen LogP contribution is 2.15. The Bertz CT molecular complexity index is 1010. The van der Waals surface area contributed by atoms with Gasteiger partial charge in [-0.25, -0.2) is 9.67 Å². The Morgan fingerprint density at radius 3 is 2.61 bits per heavy atom. The van der Waals surface area contributed by atoms with E-state index in [-0.39, 0.29) is 5.91 Å². The summed E-state index contributed by atoms with van der Waals surface area (Å²) in [4.78, 5) is 22.1. The molecule has 0 aliphatic carbocycles. The third-order valence-corrected chi connectivity index (χ3v) is 5.76. The number of pyridine rings is 1. The number of piperazine rings is 1. The molecule has 0 radical (unpaired) electrons. The fraction of sp³-hybridized carbons (Fsp3) is 0.375. The van der Waals surface area contributed by atoms with Crippen LogP contribution >= 0.6 is 0 Å². The fourth-order valence-corrected chi connectivity index (χ4v) is 3.96. The highest BCUT2D eigenvalue weighted by molar-refractivity contribution is 5.95.